The molecule has 0 heterocycles. The quantitative estimate of drug-likeness (QED) is 0.857. The molecule has 21 heavy (non-hydrogen) atoms. The van der Waals surface area contributed by atoms with E-state index < -0.39 is 0 Å². The topological polar surface area (TPSA) is 65.0 Å². The van der Waals surface area contributed by atoms with Gasteiger partial charge in [0.05, 0.1) is 32.5 Å². The molecule has 0 atom stereocenters. The number of ether oxygens (including phenoxy) is 3. The van der Waals surface area contributed by atoms with Crippen LogP contribution in [0.25, 0.3) is 0 Å². The lowest BCUT2D eigenvalue weighted by Gasteiger charge is -2.11. The molecule has 0 saturated carbocycles. The molecule has 0 bridgehead atoms. The van der Waals surface area contributed by atoms with Crippen molar-refractivity contribution in [2.45, 2.75) is 0 Å². The summed E-state index contributed by atoms with van der Waals surface area (Å²) in [4.78, 5) is 12.5. The number of hydrogen-bond donors (Lipinski definition) is 1. The number of aromatic hydroxyl groups is 1. The number of carbonyl (C=O) groups excluding carboxylic acids is 1. The SMILES string of the molecule is COc1ccc(C(=O)c2ccc(OC)cc2OC)c(O)c1. The largest absolute Gasteiger partial charge is 0.507 e. The van der Waals surface area contributed by atoms with Crippen LogP contribution < -0.4 is 14.2 Å². The molecule has 0 aromatic heterocycles. The third kappa shape index (κ3) is 2.91. The van der Waals surface area contributed by atoms with Crippen LogP contribution in [0, 0.1) is 0 Å². The fourth-order valence-electron chi connectivity index (χ4n) is 1.96. The Morgan fingerprint density at radius 2 is 1.43 bits per heavy atom. The van der Waals surface area contributed by atoms with Crippen molar-refractivity contribution in [3.05, 3.63) is 47.5 Å². The van der Waals surface area contributed by atoms with Crippen LogP contribution in [0.4, 0.5) is 0 Å². The van der Waals surface area contributed by atoms with Crippen molar-refractivity contribution in [2.75, 3.05) is 21.3 Å². The van der Waals surface area contributed by atoms with Crippen molar-refractivity contribution in [2.24, 2.45) is 0 Å². The molecular weight excluding hydrogens is 272 g/mol. The molecule has 0 saturated heterocycles. The normalized spacial score (nSPS) is 10.0. The van der Waals surface area contributed by atoms with Gasteiger partial charge in [-0.25, -0.2) is 0 Å². The molecule has 2 aromatic rings. The minimum absolute atomic E-state index is 0.141. The molecule has 2 rings (SSSR count). The van der Waals surface area contributed by atoms with E-state index in [2.05, 4.69) is 0 Å². The smallest absolute Gasteiger partial charge is 0.200 e. The summed E-state index contributed by atoms with van der Waals surface area (Å²) >= 11 is 0. The Morgan fingerprint density at radius 1 is 0.857 bits per heavy atom. The lowest BCUT2D eigenvalue weighted by Crippen LogP contribution is -2.05. The van der Waals surface area contributed by atoms with E-state index in [-0.39, 0.29) is 17.1 Å². The molecule has 0 aliphatic heterocycles. The zero-order chi connectivity index (χ0) is 15.4. The van der Waals surface area contributed by atoms with Gasteiger partial charge in [0.25, 0.3) is 0 Å². The lowest BCUT2D eigenvalue weighted by molar-refractivity contribution is 0.103. The van der Waals surface area contributed by atoms with Gasteiger partial charge in [0.15, 0.2) is 5.78 Å². The number of ketones is 1. The second kappa shape index (κ2) is 6.17. The fraction of sp³-hybridized carbons (Fsp3) is 0.188. The van der Waals surface area contributed by atoms with Gasteiger partial charge in [0.2, 0.25) is 0 Å². The van der Waals surface area contributed by atoms with E-state index in [4.69, 9.17) is 14.2 Å². The van der Waals surface area contributed by atoms with Crippen molar-refractivity contribution < 1.29 is 24.1 Å². The first-order valence-corrected chi connectivity index (χ1v) is 6.24. The lowest BCUT2D eigenvalue weighted by atomic mass is 10.0. The fourth-order valence-corrected chi connectivity index (χ4v) is 1.96. The highest BCUT2D eigenvalue weighted by Gasteiger charge is 2.18. The van der Waals surface area contributed by atoms with Gasteiger partial charge in [-0.2, -0.15) is 0 Å². The second-order valence-corrected chi connectivity index (χ2v) is 4.28. The molecular formula is C16H16O5. The molecule has 1 N–H and O–H groups in total. The number of phenols is 1. The van der Waals surface area contributed by atoms with Gasteiger partial charge in [-0.1, -0.05) is 0 Å². The standard InChI is InChI=1S/C16H16O5/c1-19-10-4-6-12(14(17)8-10)16(18)13-7-5-11(20-2)9-15(13)21-3/h4-9,17H,1-3H3. The molecule has 0 radical (unpaired) electrons. The van der Waals surface area contributed by atoms with Gasteiger partial charge in [-0.05, 0) is 24.3 Å². The Balaban J connectivity index is 2.44. The van der Waals surface area contributed by atoms with Gasteiger partial charge in [0, 0.05) is 12.1 Å². The molecule has 0 unspecified atom stereocenters. The number of methoxy groups -OCH3 is 3. The van der Waals surface area contributed by atoms with Gasteiger partial charge < -0.3 is 19.3 Å². The predicted molar refractivity (Wildman–Crippen MR) is 77.6 cm³/mol. The number of phenolic OH excluding ortho intramolecular Hbond substituents is 1. The molecule has 0 aliphatic carbocycles. The summed E-state index contributed by atoms with van der Waals surface area (Å²) < 4.78 is 15.3. The number of carbonyl (C=O) groups is 1. The first-order chi connectivity index (χ1) is 10.1. The van der Waals surface area contributed by atoms with E-state index >= 15 is 0 Å². The minimum Gasteiger partial charge on any atom is -0.507 e. The maximum absolute atomic E-state index is 12.5. The monoisotopic (exact) mass is 288 g/mol. The van der Waals surface area contributed by atoms with Crippen molar-refractivity contribution in [1.29, 1.82) is 0 Å². The van der Waals surface area contributed by atoms with E-state index in [9.17, 15) is 9.90 Å². The van der Waals surface area contributed by atoms with E-state index in [0.717, 1.165) is 0 Å². The van der Waals surface area contributed by atoms with Crippen LogP contribution in [-0.4, -0.2) is 32.2 Å². The minimum atomic E-state index is -0.338. The third-order valence-corrected chi connectivity index (χ3v) is 3.10. The molecule has 0 spiro atoms. The molecule has 0 amide bonds. The Kier molecular flexibility index (Phi) is 4.33. The van der Waals surface area contributed by atoms with Gasteiger partial charge in [-0.15, -0.1) is 0 Å². The van der Waals surface area contributed by atoms with Crippen LogP contribution in [-0.2, 0) is 0 Å². The Morgan fingerprint density at radius 3 is 1.95 bits per heavy atom. The van der Waals surface area contributed by atoms with Crippen LogP contribution in [0.5, 0.6) is 23.0 Å². The second-order valence-electron chi connectivity index (χ2n) is 4.28. The van der Waals surface area contributed by atoms with Crippen LogP contribution in [0.2, 0.25) is 0 Å². The Hall–Kier alpha value is -2.69. The maximum atomic E-state index is 12.5. The van der Waals surface area contributed by atoms with Crippen molar-refractivity contribution >= 4 is 5.78 Å². The van der Waals surface area contributed by atoms with Crippen molar-refractivity contribution in [1.82, 2.24) is 0 Å². The third-order valence-electron chi connectivity index (χ3n) is 3.10. The number of rotatable bonds is 5. The first-order valence-electron chi connectivity index (χ1n) is 6.24. The molecule has 110 valence electrons. The number of benzene rings is 2. The van der Waals surface area contributed by atoms with Gasteiger partial charge in [-0.3, -0.25) is 4.79 Å². The molecule has 5 heteroatoms. The highest BCUT2D eigenvalue weighted by molar-refractivity contribution is 6.12. The van der Waals surface area contributed by atoms with E-state index in [1.165, 1.54) is 33.5 Å². The van der Waals surface area contributed by atoms with E-state index in [0.29, 0.717) is 22.8 Å². The number of hydrogen-bond acceptors (Lipinski definition) is 5. The van der Waals surface area contributed by atoms with Gasteiger partial charge in [0.1, 0.15) is 23.0 Å². The molecule has 2 aromatic carbocycles. The highest BCUT2D eigenvalue weighted by atomic mass is 16.5. The first kappa shape index (κ1) is 14.7. The Labute approximate surface area is 122 Å². The summed E-state index contributed by atoms with van der Waals surface area (Å²) in [7, 11) is 4.49. The maximum Gasteiger partial charge on any atom is 0.200 e. The van der Waals surface area contributed by atoms with Crippen LogP contribution in [0.1, 0.15) is 15.9 Å². The van der Waals surface area contributed by atoms with E-state index in [1.54, 1.807) is 24.3 Å². The summed E-state index contributed by atoms with van der Waals surface area (Å²) in [5.41, 5.74) is 0.526. The zero-order valence-electron chi connectivity index (χ0n) is 12.0. The summed E-state index contributed by atoms with van der Waals surface area (Å²) in [6, 6.07) is 9.40. The van der Waals surface area contributed by atoms with E-state index in [1.807, 2.05) is 0 Å². The Bertz CT molecular complexity index is 664. The molecule has 0 fully saturated rings. The van der Waals surface area contributed by atoms with Crippen LogP contribution in [0.15, 0.2) is 36.4 Å². The molecule has 5 nitrogen and oxygen atoms in total. The summed E-state index contributed by atoms with van der Waals surface area (Å²) in [6.07, 6.45) is 0. The van der Waals surface area contributed by atoms with Crippen molar-refractivity contribution in [3.8, 4) is 23.0 Å². The average Bonchev–Trinajstić information content (AvgIpc) is 2.53. The summed E-state index contributed by atoms with van der Waals surface area (Å²) in [5, 5.41) is 9.95. The molecule has 0 aliphatic rings. The zero-order valence-corrected chi connectivity index (χ0v) is 12.0. The van der Waals surface area contributed by atoms with Gasteiger partial charge >= 0.3 is 0 Å². The summed E-state index contributed by atoms with van der Waals surface area (Å²) in [6.45, 7) is 0. The highest BCUT2D eigenvalue weighted by Crippen LogP contribution is 2.30. The predicted octanol–water partition coefficient (Wildman–Crippen LogP) is 2.65. The average molecular weight is 288 g/mol. The van der Waals surface area contributed by atoms with Crippen LogP contribution >= 0.6 is 0 Å². The summed E-state index contributed by atoms with van der Waals surface area (Å²) in [5.74, 6) is 0.967. The van der Waals surface area contributed by atoms with Crippen molar-refractivity contribution in [3.63, 3.8) is 0 Å². The van der Waals surface area contributed by atoms with Crippen LogP contribution in [0.3, 0.4) is 0 Å².